The number of nitrogens with zero attached hydrogens (tertiary/aromatic N) is 4. The molecule has 10 heteroatoms. The molecule has 0 aliphatic carbocycles. The fraction of sp³-hybridized carbons (Fsp3) is 0.304. The molecular formula is C23H24N6O2S2. The number of hydrogen-bond acceptors (Lipinski definition) is 8. The zero-order valence-electron chi connectivity index (χ0n) is 18.2. The number of carbonyl (C=O) groups is 1. The Kier molecular flexibility index (Phi) is 6.30. The molecule has 8 nitrogen and oxygen atoms in total. The van der Waals surface area contributed by atoms with Gasteiger partial charge in [-0.15, -0.1) is 21.5 Å². The molecule has 0 spiro atoms. The number of thiophene rings is 1. The number of thioether (sulfide) groups is 1. The van der Waals surface area contributed by atoms with Gasteiger partial charge in [0.05, 0.1) is 28.1 Å². The summed E-state index contributed by atoms with van der Waals surface area (Å²) in [6.07, 6.45) is 3.91. The van der Waals surface area contributed by atoms with Crippen LogP contribution in [0.1, 0.15) is 18.4 Å². The summed E-state index contributed by atoms with van der Waals surface area (Å²) in [6.45, 7) is 3.35. The van der Waals surface area contributed by atoms with Gasteiger partial charge in [-0.25, -0.2) is 4.98 Å². The molecular weight excluding hydrogens is 456 g/mol. The van der Waals surface area contributed by atoms with Crippen LogP contribution in [0.15, 0.2) is 47.8 Å². The number of nitrogens with one attached hydrogen (secondary N) is 1. The number of amides is 1. The molecule has 1 atom stereocenters. The average molecular weight is 481 g/mol. The van der Waals surface area contributed by atoms with Crippen LogP contribution in [-0.4, -0.2) is 50.7 Å². The Balaban J connectivity index is 1.46. The van der Waals surface area contributed by atoms with E-state index in [4.69, 9.17) is 10.5 Å². The number of rotatable bonds is 7. The van der Waals surface area contributed by atoms with Crippen molar-refractivity contribution in [2.24, 2.45) is 0 Å². The topological polar surface area (TPSA) is 108 Å². The average Bonchev–Trinajstić information content (AvgIpc) is 3.56. The number of pyridine rings is 1. The van der Waals surface area contributed by atoms with Crippen LogP contribution in [0.4, 0.5) is 5.69 Å². The van der Waals surface area contributed by atoms with Crippen LogP contribution in [0.3, 0.4) is 0 Å². The van der Waals surface area contributed by atoms with Crippen molar-refractivity contribution in [2.75, 3.05) is 24.6 Å². The first-order chi connectivity index (χ1) is 16.1. The molecule has 4 aromatic rings. The van der Waals surface area contributed by atoms with Crippen LogP contribution >= 0.6 is 23.1 Å². The van der Waals surface area contributed by atoms with Crippen molar-refractivity contribution in [1.82, 2.24) is 25.1 Å². The van der Waals surface area contributed by atoms with Crippen LogP contribution in [-0.2, 0) is 9.53 Å². The van der Waals surface area contributed by atoms with E-state index >= 15 is 0 Å². The van der Waals surface area contributed by atoms with Crippen molar-refractivity contribution in [2.45, 2.75) is 31.0 Å². The van der Waals surface area contributed by atoms with Crippen molar-refractivity contribution in [3.8, 4) is 16.4 Å². The summed E-state index contributed by atoms with van der Waals surface area (Å²) in [4.78, 5) is 18.6. The van der Waals surface area contributed by atoms with E-state index < -0.39 is 0 Å². The summed E-state index contributed by atoms with van der Waals surface area (Å²) in [5.74, 6) is 0.828. The Hall–Kier alpha value is -2.95. The van der Waals surface area contributed by atoms with Gasteiger partial charge in [-0.3, -0.25) is 9.36 Å². The summed E-state index contributed by atoms with van der Waals surface area (Å²) >= 11 is 2.84. The number of aromatic nitrogens is 4. The lowest BCUT2D eigenvalue weighted by Crippen LogP contribution is -2.32. The molecule has 3 N–H and O–H groups in total. The summed E-state index contributed by atoms with van der Waals surface area (Å²) in [5.41, 5.74) is 9.15. The van der Waals surface area contributed by atoms with Crippen LogP contribution in [0, 0.1) is 6.92 Å². The number of carbonyl (C=O) groups excluding carboxylic acids is 1. The summed E-state index contributed by atoms with van der Waals surface area (Å²) in [7, 11) is 0. The van der Waals surface area contributed by atoms with Crippen molar-refractivity contribution in [3.63, 3.8) is 0 Å². The number of nitrogens with two attached hydrogens (primary N) is 1. The quantitative estimate of drug-likeness (QED) is 0.387. The van der Waals surface area contributed by atoms with Gasteiger partial charge < -0.3 is 15.8 Å². The molecule has 170 valence electrons. The normalized spacial score (nSPS) is 15.8. The summed E-state index contributed by atoms with van der Waals surface area (Å²) < 4.78 is 7.56. The Labute approximate surface area is 199 Å². The molecule has 0 radical (unpaired) electrons. The van der Waals surface area contributed by atoms with E-state index in [0.717, 1.165) is 45.8 Å². The Morgan fingerprint density at radius 2 is 2.18 bits per heavy atom. The zero-order chi connectivity index (χ0) is 22.8. The van der Waals surface area contributed by atoms with E-state index in [1.807, 2.05) is 47.9 Å². The smallest absolute Gasteiger partial charge is 0.230 e. The van der Waals surface area contributed by atoms with Gasteiger partial charge in [0.1, 0.15) is 4.83 Å². The van der Waals surface area contributed by atoms with Crippen molar-refractivity contribution in [1.29, 1.82) is 0 Å². The van der Waals surface area contributed by atoms with Gasteiger partial charge in [-0.05, 0) is 43.5 Å². The summed E-state index contributed by atoms with van der Waals surface area (Å²) in [6, 6.07) is 11.9. The van der Waals surface area contributed by atoms with E-state index in [2.05, 4.69) is 20.5 Å². The minimum atomic E-state index is -0.0537. The highest BCUT2D eigenvalue weighted by atomic mass is 32.2. The Morgan fingerprint density at radius 1 is 1.30 bits per heavy atom. The van der Waals surface area contributed by atoms with E-state index in [1.54, 1.807) is 6.20 Å². The largest absolute Gasteiger partial charge is 0.397 e. The molecule has 3 aromatic heterocycles. The standard InChI is InChI=1S/C23H24N6O2S2/c1-14-6-2-3-9-17(14)29-21(20-19(24)16-8-4-10-25-22(16)33-20)27-28-23(29)32-13-18(30)26-12-15-7-5-11-31-15/h2-4,6,8-10,15H,5,7,11-13,24H2,1H3,(H,26,30)/t15-/m0/s1. The number of para-hydroxylation sites is 1. The molecule has 1 amide bonds. The first-order valence-corrected chi connectivity index (χ1v) is 12.6. The first-order valence-electron chi connectivity index (χ1n) is 10.8. The number of fused-ring (bicyclic) bond motifs is 1. The lowest BCUT2D eigenvalue weighted by molar-refractivity contribution is -0.119. The molecule has 1 aliphatic rings. The molecule has 1 aromatic carbocycles. The predicted molar refractivity (Wildman–Crippen MR) is 132 cm³/mol. The molecule has 5 rings (SSSR count). The van der Waals surface area contributed by atoms with Crippen molar-refractivity contribution < 1.29 is 9.53 Å². The van der Waals surface area contributed by atoms with Crippen LogP contribution in [0.5, 0.6) is 0 Å². The third-order valence-corrected chi connectivity index (χ3v) is 7.63. The maximum absolute atomic E-state index is 12.5. The minimum Gasteiger partial charge on any atom is -0.397 e. The second kappa shape index (κ2) is 9.50. The molecule has 0 unspecified atom stereocenters. The first kappa shape index (κ1) is 21.9. The number of benzene rings is 1. The van der Waals surface area contributed by atoms with Crippen molar-refractivity contribution >= 4 is 44.9 Å². The fourth-order valence-corrected chi connectivity index (χ4v) is 5.69. The van der Waals surface area contributed by atoms with Crippen LogP contribution in [0.25, 0.3) is 26.6 Å². The Bertz CT molecular complexity index is 1300. The monoisotopic (exact) mass is 480 g/mol. The van der Waals surface area contributed by atoms with E-state index in [1.165, 1.54) is 23.1 Å². The van der Waals surface area contributed by atoms with Crippen LogP contribution < -0.4 is 11.1 Å². The number of ether oxygens (including phenoxy) is 1. The maximum Gasteiger partial charge on any atom is 0.230 e. The third kappa shape index (κ3) is 4.46. The van der Waals surface area contributed by atoms with E-state index in [0.29, 0.717) is 23.2 Å². The van der Waals surface area contributed by atoms with E-state index in [-0.39, 0.29) is 17.8 Å². The molecule has 0 saturated carbocycles. The van der Waals surface area contributed by atoms with Gasteiger partial charge in [0, 0.05) is 24.7 Å². The number of nitrogen functional groups attached to an aromatic ring is 1. The predicted octanol–water partition coefficient (Wildman–Crippen LogP) is 3.82. The lowest BCUT2D eigenvalue weighted by Gasteiger charge is -2.13. The second-order valence-corrected chi connectivity index (χ2v) is 9.80. The van der Waals surface area contributed by atoms with Gasteiger partial charge in [0.25, 0.3) is 0 Å². The molecule has 1 saturated heterocycles. The second-order valence-electron chi connectivity index (χ2n) is 7.86. The fourth-order valence-electron chi connectivity index (χ4n) is 3.87. The highest BCUT2D eigenvalue weighted by Crippen LogP contribution is 2.41. The minimum absolute atomic E-state index is 0.0537. The number of anilines is 1. The number of hydrogen-bond donors (Lipinski definition) is 2. The van der Waals surface area contributed by atoms with Crippen molar-refractivity contribution in [3.05, 3.63) is 48.2 Å². The highest BCUT2D eigenvalue weighted by molar-refractivity contribution is 7.99. The van der Waals surface area contributed by atoms with Gasteiger partial charge in [-0.1, -0.05) is 30.0 Å². The highest BCUT2D eigenvalue weighted by Gasteiger charge is 2.23. The lowest BCUT2D eigenvalue weighted by atomic mass is 10.2. The molecule has 1 fully saturated rings. The van der Waals surface area contributed by atoms with Gasteiger partial charge in [-0.2, -0.15) is 0 Å². The molecule has 4 heterocycles. The number of aryl methyl sites for hydroxylation is 1. The SMILES string of the molecule is Cc1ccccc1-n1c(SCC(=O)NC[C@@H]2CCCO2)nnc1-c1sc2ncccc2c1N. The van der Waals surface area contributed by atoms with Gasteiger partial charge >= 0.3 is 0 Å². The zero-order valence-corrected chi connectivity index (χ0v) is 19.8. The molecule has 33 heavy (non-hydrogen) atoms. The molecule has 1 aliphatic heterocycles. The van der Waals surface area contributed by atoms with Crippen LogP contribution in [0.2, 0.25) is 0 Å². The molecule has 0 bridgehead atoms. The third-order valence-electron chi connectivity index (χ3n) is 5.58. The Morgan fingerprint density at radius 3 is 2.97 bits per heavy atom. The van der Waals surface area contributed by atoms with Gasteiger partial charge in [0.2, 0.25) is 5.91 Å². The van der Waals surface area contributed by atoms with Gasteiger partial charge in [0.15, 0.2) is 11.0 Å². The maximum atomic E-state index is 12.5. The van der Waals surface area contributed by atoms with E-state index in [9.17, 15) is 4.79 Å². The summed E-state index contributed by atoms with van der Waals surface area (Å²) in [5, 5.41) is 13.4.